The van der Waals surface area contributed by atoms with E-state index in [9.17, 15) is 8.42 Å². The Labute approximate surface area is 165 Å². The molecule has 0 aliphatic carbocycles. The van der Waals surface area contributed by atoms with Gasteiger partial charge < -0.3 is 14.5 Å². The van der Waals surface area contributed by atoms with Crippen LogP contribution < -0.4 is 9.80 Å². The number of sulfonamides is 1. The number of ether oxygens (including phenoxy) is 1. The summed E-state index contributed by atoms with van der Waals surface area (Å²) in [4.78, 5) is 12.7. The Balaban J connectivity index is 1.39. The van der Waals surface area contributed by atoms with Crippen molar-refractivity contribution < 1.29 is 18.1 Å². The fourth-order valence-electron chi connectivity index (χ4n) is 3.69. The van der Waals surface area contributed by atoms with E-state index < -0.39 is 10.0 Å². The van der Waals surface area contributed by atoms with Crippen molar-refractivity contribution in [2.45, 2.75) is 11.4 Å². The van der Waals surface area contributed by atoms with Crippen LogP contribution in [0.4, 0.5) is 5.95 Å². The molecule has 1 N–H and O–H groups in total. The third kappa shape index (κ3) is 4.33. The highest BCUT2D eigenvalue weighted by Gasteiger charge is 2.27. The third-order valence-corrected chi connectivity index (χ3v) is 7.16. The van der Waals surface area contributed by atoms with E-state index in [1.54, 1.807) is 18.5 Å². The van der Waals surface area contributed by atoms with Crippen LogP contribution in [0.2, 0.25) is 0 Å². The lowest BCUT2D eigenvalue weighted by molar-refractivity contribution is -0.914. The van der Waals surface area contributed by atoms with E-state index in [2.05, 4.69) is 14.9 Å². The lowest BCUT2D eigenvalue weighted by Gasteiger charge is -2.32. The van der Waals surface area contributed by atoms with Crippen molar-refractivity contribution in [2.24, 2.45) is 0 Å². The van der Waals surface area contributed by atoms with Crippen molar-refractivity contribution in [3.05, 3.63) is 48.3 Å². The highest BCUT2D eigenvalue weighted by Crippen LogP contribution is 2.18. The van der Waals surface area contributed by atoms with E-state index in [0.717, 1.165) is 44.2 Å². The van der Waals surface area contributed by atoms with Crippen LogP contribution in [0.1, 0.15) is 5.56 Å². The first-order valence-corrected chi connectivity index (χ1v) is 11.1. The normalized spacial score (nSPS) is 19.6. The Hall–Kier alpha value is -2.07. The summed E-state index contributed by atoms with van der Waals surface area (Å²) < 4.78 is 32.5. The number of piperazine rings is 1. The molecule has 8 nitrogen and oxygen atoms in total. The maximum atomic E-state index is 12.9. The van der Waals surface area contributed by atoms with E-state index in [-0.39, 0.29) is 0 Å². The number of anilines is 1. The molecule has 0 unspecified atom stereocenters. The van der Waals surface area contributed by atoms with Gasteiger partial charge in [-0.25, -0.2) is 18.4 Å². The van der Waals surface area contributed by atoms with Crippen molar-refractivity contribution in [2.75, 3.05) is 57.4 Å². The Bertz CT molecular complexity index is 879. The molecule has 2 aliphatic rings. The van der Waals surface area contributed by atoms with Gasteiger partial charge in [0.25, 0.3) is 0 Å². The van der Waals surface area contributed by atoms with Crippen molar-refractivity contribution in [3.63, 3.8) is 0 Å². The molecule has 1 aromatic heterocycles. The monoisotopic (exact) mass is 404 g/mol. The van der Waals surface area contributed by atoms with Crippen molar-refractivity contribution in [3.8, 4) is 0 Å². The second kappa shape index (κ2) is 8.52. The smallest absolute Gasteiger partial charge is 0.243 e. The van der Waals surface area contributed by atoms with Gasteiger partial charge in [0.15, 0.2) is 0 Å². The maximum absolute atomic E-state index is 12.9. The number of hydrogen-bond acceptors (Lipinski definition) is 6. The minimum Gasteiger partial charge on any atom is -0.379 e. The van der Waals surface area contributed by atoms with Crippen LogP contribution in [-0.2, 0) is 21.3 Å². The van der Waals surface area contributed by atoms with Gasteiger partial charge in [0, 0.05) is 31.0 Å². The fourth-order valence-corrected chi connectivity index (χ4v) is 5.17. The summed E-state index contributed by atoms with van der Waals surface area (Å²) in [6, 6.07) is 9.19. The maximum Gasteiger partial charge on any atom is 0.243 e. The van der Waals surface area contributed by atoms with Crippen LogP contribution in [0, 0.1) is 0 Å². The summed E-state index contributed by atoms with van der Waals surface area (Å²) in [5.41, 5.74) is 1.05. The van der Waals surface area contributed by atoms with Crippen LogP contribution in [0.3, 0.4) is 0 Å². The molecule has 150 valence electrons. The van der Waals surface area contributed by atoms with E-state index in [1.807, 2.05) is 24.3 Å². The minimum absolute atomic E-state index is 0.377. The predicted octanol–water partition coefficient (Wildman–Crippen LogP) is -0.597. The highest BCUT2D eigenvalue weighted by molar-refractivity contribution is 7.89. The Morgan fingerprint density at radius 1 is 1.00 bits per heavy atom. The van der Waals surface area contributed by atoms with Crippen molar-refractivity contribution >= 4 is 16.0 Å². The van der Waals surface area contributed by atoms with Gasteiger partial charge in [-0.15, -0.1) is 0 Å². The van der Waals surface area contributed by atoms with Gasteiger partial charge in [-0.2, -0.15) is 4.31 Å². The number of morpholine rings is 1. The molecule has 9 heteroatoms. The Kier molecular flexibility index (Phi) is 5.86. The molecule has 0 atom stereocenters. The Morgan fingerprint density at radius 2 is 1.71 bits per heavy atom. The number of aromatic nitrogens is 2. The summed E-state index contributed by atoms with van der Waals surface area (Å²) in [5.74, 6) is 0.778. The standard InChI is InChI=1S/C19H25N5O3S/c25-28(26,24-11-13-27-14-12-24)18-4-1-3-17(15-18)16-22-7-9-23(10-8-22)19-20-5-2-6-21-19/h1-6,15H,7-14,16H2/p+1. The first kappa shape index (κ1) is 19.3. The number of hydrogen-bond donors (Lipinski definition) is 1. The molecule has 0 spiro atoms. The molecule has 3 heterocycles. The molecule has 0 saturated carbocycles. The average molecular weight is 405 g/mol. The van der Waals surface area contributed by atoms with Crippen LogP contribution in [0.15, 0.2) is 47.6 Å². The van der Waals surface area contributed by atoms with Crippen molar-refractivity contribution in [1.82, 2.24) is 14.3 Å². The topological polar surface area (TPSA) is 80.1 Å². The van der Waals surface area contributed by atoms with Gasteiger partial charge in [-0.3, -0.25) is 0 Å². The van der Waals surface area contributed by atoms with Crippen LogP contribution in [0.5, 0.6) is 0 Å². The molecule has 2 saturated heterocycles. The molecule has 1 aromatic carbocycles. The molecular weight excluding hydrogens is 378 g/mol. The van der Waals surface area contributed by atoms with Crippen LogP contribution in [-0.4, -0.2) is 75.2 Å². The molecule has 4 rings (SSSR count). The predicted molar refractivity (Wildman–Crippen MR) is 105 cm³/mol. The lowest BCUT2D eigenvalue weighted by Crippen LogP contribution is -3.13. The quantitative estimate of drug-likeness (QED) is 0.717. The van der Waals surface area contributed by atoms with E-state index in [0.29, 0.717) is 31.2 Å². The molecule has 0 radical (unpaired) electrons. The Morgan fingerprint density at radius 3 is 2.43 bits per heavy atom. The van der Waals surface area contributed by atoms with Gasteiger partial charge in [0.1, 0.15) is 6.54 Å². The number of benzene rings is 1. The molecule has 0 amide bonds. The van der Waals surface area contributed by atoms with E-state index >= 15 is 0 Å². The zero-order chi connectivity index (χ0) is 19.4. The fraction of sp³-hybridized carbons (Fsp3) is 0.474. The molecular formula is C19H26N5O3S+. The van der Waals surface area contributed by atoms with Crippen LogP contribution in [0.25, 0.3) is 0 Å². The largest absolute Gasteiger partial charge is 0.379 e. The number of nitrogens with one attached hydrogen (secondary N) is 1. The second-order valence-corrected chi connectivity index (χ2v) is 9.06. The first-order chi connectivity index (χ1) is 13.6. The van der Waals surface area contributed by atoms with Gasteiger partial charge in [-0.05, 0) is 18.2 Å². The van der Waals surface area contributed by atoms with E-state index in [1.165, 1.54) is 9.21 Å². The number of nitrogens with zero attached hydrogens (tertiary/aromatic N) is 4. The van der Waals surface area contributed by atoms with Gasteiger partial charge in [0.05, 0.1) is 44.3 Å². The number of quaternary nitrogens is 1. The SMILES string of the molecule is O=S(=O)(c1cccc(C[NH+]2CCN(c3ncccn3)CC2)c1)N1CCOCC1. The molecule has 2 fully saturated rings. The molecule has 28 heavy (non-hydrogen) atoms. The average Bonchev–Trinajstić information content (AvgIpc) is 2.76. The summed E-state index contributed by atoms with van der Waals surface area (Å²) in [5, 5.41) is 0. The number of rotatable bonds is 5. The summed E-state index contributed by atoms with van der Waals surface area (Å²) in [6.07, 6.45) is 3.53. The van der Waals surface area contributed by atoms with Crippen molar-refractivity contribution in [1.29, 1.82) is 0 Å². The summed E-state index contributed by atoms with van der Waals surface area (Å²) in [6.45, 7) is 6.29. The first-order valence-electron chi connectivity index (χ1n) is 9.65. The highest BCUT2D eigenvalue weighted by atomic mass is 32.2. The van der Waals surface area contributed by atoms with Gasteiger partial charge in [0.2, 0.25) is 16.0 Å². The van der Waals surface area contributed by atoms with E-state index in [4.69, 9.17) is 4.74 Å². The zero-order valence-electron chi connectivity index (χ0n) is 15.8. The lowest BCUT2D eigenvalue weighted by atomic mass is 10.2. The van der Waals surface area contributed by atoms with Gasteiger partial charge in [-0.1, -0.05) is 12.1 Å². The van der Waals surface area contributed by atoms with Gasteiger partial charge >= 0.3 is 0 Å². The minimum atomic E-state index is -3.45. The summed E-state index contributed by atoms with van der Waals surface area (Å²) >= 11 is 0. The zero-order valence-corrected chi connectivity index (χ0v) is 16.6. The molecule has 0 bridgehead atoms. The molecule has 2 aromatic rings. The third-order valence-electron chi connectivity index (χ3n) is 5.27. The second-order valence-electron chi connectivity index (χ2n) is 7.13. The molecule has 2 aliphatic heterocycles. The summed E-state index contributed by atoms with van der Waals surface area (Å²) in [7, 11) is -3.45. The van der Waals surface area contributed by atoms with Crippen LogP contribution >= 0.6 is 0 Å².